The molecule has 70 heavy (non-hydrogen) atoms. The number of nitrogens with zero attached hydrogens (tertiary/aromatic N) is 2. The molecule has 0 unspecified atom stereocenters. The van der Waals surface area contributed by atoms with Crippen LogP contribution in [-0.4, -0.2) is 4.70 Å². The Morgan fingerprint density at radius 2 is 0.429 bits per heavy atom. The number of benzene rings is 2. The van der Waals surface area contributed by atoms with Crippen LogP contribution in [0.5, 0.6) is 0 Å². The Labute approximate surface area is 437 Å². The molecule has 0 N–H and O–H groups in total. The molecule has 0 atom stereocenters. The van der Waals surface area contributed by atoms with Crippen molar-refractivity contribution in [2.75, 3.05) is 0 Å². The lowest BCUT2D eigenvalue weighted by Gasteiger charge is -2.15. The van der Waals surface area contributed by atoms with Gasteiger partial charge in [-0.15, -0.1) is 0 Å². The van der Waals surface area contributed by atoms with Crippen LogP contribution in [0.1, 0.15) is 345 Å². The summed E-state index contributed by atoms with van der Waals surface area (Å²) in [5.41, 5.74) is 26.4. The van der Waals surface area contributed by atoms with Crippen molar-refractivity contribution in [3.63, 3.8) is 0 Å². The van der Waals surface area contributed by atoms with E-state index in [2.05, 4.69) is 77.9 Å². The topological polar surface area (TPSA) is 25.3 Å². The first-order valence-electron chi connectivity index (χ1n) is 31.7. The van der Waals surface area contributed by atoms with E-state index >= 15 is 0 Å². The molecule has 398 valence electrons. The summed E-state index contributed by atoms with van der Waals surface area (Å²) in [6, 6.07) is 15.0. The maximum atomic E-state index is 12.9. The van der Waals surface area contributed by atoms with Crippen LogP contribution in [0, 0.1) is 0 Å². The zero-order chi connectivity index (χ0) is 50.1. The summed E-state index contributed by atoms with van der Waals surface area (Å²) >= 11 is 0. The van der Waals surface area contributed by atoms with Gasteiger partial charge in [-0.1, -0.05) is 272 Å². The number of hydrogen-bond acceptors (Lipinski definition) is 0. The predicted molar refractivity (Wildman–Crippen MR) is 313 cm³/mol. The fourth-order valence-electron chi connectivity index (χ4n) is 11.5. The minimum Gasteiger partial charge on any atom is -0.493 e. The van der Waals surface area contributed by atoms with Crippen molar-refractivity contribution >= 4 is 11.4 Å². The SMILES string of the molecule is CCCCCCCCCCCCCCCCCCCCCCCCCC1=C(c2cc(CCCCC)cc(CCCCCC)c2)[N+](=[N-])C(c2cc(CCCCC)cc(CCCCCC)c2)=C1CCCCC. The lowest BCUT2D eigenvalue weighted by Crippen LogP contribution is -2.05. The van der Waals surface area contributed by atoms with Crippen LogP contribution >= 0.6 is 0 Å². The molecule has 0 saturated carbocycles. The molecule has 0 saturated heterocycles. The molecule has 0 radical (unpaired) electrons. The number of rotatable bonds is 48. The molecule has 1 heterocycles. The highest BCUT2D eigenvalue weighted by Gasteiger charge is 2.36. The molecule has 0 aliphatic carbocycles. The normalized spacial score (nSPS) is 13.0. The average molecular weight is 962 g/mol. The molecule has 1 aliphatic heterocycles. The summed E-state index contributed by atoms with van der Waals surface area (Å²) in [6.45, 7) is 13.9. The first kappa shape index (κ1) is 61.8. The van der Waals surface area contributed by atoms with E-state index in [0.29, 0.717) is 0 Å². The summed E-state index contributed by atoms with van der Waals surface area (Å²) in [4.78, 5) is 0. The zero-order valence-corrected chi connectivity index (χ0v) is 47.9. The van der Waals surface area contributed by atoms with Gasteiger partial charge in [0.05, 0.1) is 0 Å². The Hall–Kier alpha value is -2.48. The quantitative estimate of drug-likeness (QED) is 0.0467. The fourth-order valence-corrected chi connectivity index (χ4v) is 11.5. The Balaban J connectivity index is 1.72. The minimum atomic E-state index is 1.05. The van der Waals surface area contributed by atoms with Gasteiger partial charge in [-0.3, -0.25) is 0 Å². The smallest absolute Gasteiger partial charge is 0.211 e. The lowest BCUT2D eigenvalue weighted by molar-refractivity contribution is -0.345. The fraction of sp³-hybridized carbons (Fsp3) is 0.765. The van der Waals surface area contributed by atoms with Crippen molar-refractivity contribution in [2.24, 2.45) is 0 Å². The predicted octanol–water partition coefficient (Wildman–Crippen LogP) is 23.5. The van der Waals surface area contributed by atoms with Crippen LogP contribution in [0.25, 0.3) is 16.9 Å². The summed E-state index contributed by atoms with van der Waals surface area (Å²) in [6.07, 6.45) is 60.7. The van der Waals surface area contributed by atoms with E-state index in [4.69, 9.17) is 0 Å². The maximum Gasteiger partial charge on any atom is 0.211 e. The van der Waals surface area contributed by atoms with E-state index in [0.717, 1.165) is 49.9 Å². The molecule has 1 aliphatic rings. The van der Waals surface area contributed by atoms with Crippen LogP contribution in [-0.2, 0) is 25.7 Å². The molecule has 2 aromatic carbocycles. The van der Waals surface area contributed by atoms with E-state index in [1.54, 1.807) is 4.70 Å². The van der Waals surface area contributed by atoms with E-state index in [1.165, 1.54) is 301 Å². The van der Waals surface area contributed by atoms with Gasteiger partial charge in [0.25, 0.3) is 0 Å². The van der Waals surface area contributed by atoms with Crippen molar-refractivity contribution in [1.82, 2.24) is 0 Å². The third-order valence-corrected chi connectivity index (χ3v) is 15.8. The van der Waals surface area contributed by atoms with E-state index in [-0.39, 0.29) is 0 Å². The van der Waals surface area contributed by atoms with E-state index in [1.807, 2.05) is 0 Å². The Morgan fingerprint density at radius 3 is 0.700 bits per heavy atom. The summed E-state index contributed by atoms with van der Waals surface area (Å²) in [5, 5.41) is 0. The van der Waals surface area contributed by atoms with Crippen LogP contribution in [0.15, 0.2) is 47.5 Å². The van der Waals surface area contributed by atoms with Gasteiger partial charge in [0.15, 0.2) is 0 Å². The number of unbranched alkanes of at least 4 members (excludes halogenated alkanes) is 34. The Bertz CT molecular complexity index is 1670. The van der Waals surface area contributed by atoms with Gasteiger partial charge in [0.1, 0.15) is 0 Å². The number of hydrogen-bond donors (Lipinski definition) is 0. The van der Waals surface area contributed by atoms with Gasteiger partial charge in [0, 0.05) is 22.3 Å². The standard InChI is InChI=1S/C68H116N2/c1-7-13-19-22-23-24-25-26-27-28-29-30-31-32-33-34-35-36-37-38-39-40-46-52-66-65(51-43-18-12-6)67(63-55-59(47-41-16-10-4)53-61(57-63)49-44-20-14-8-2)70(69)68(66)64-56-60(48-42-17-11-5)54-62(58-64)50-45-21-15-9-3/h53-58H,7-52H2,1-6H3. The minimum absolute atomic E-state index is 1.05. The third-order valence-electron chi connectivity index (χ3n) is 15.8. The second-order valence-corrected chi connectivity index (χ2v) is 22.6. The van der Waals surface area contributed by atoms with Crippen LogP contribution < -0.4 is 0 Å². The van der Waals surface area contributed by atoms with Crippen LogP contribution in [0.2, 0.25) is 0 Å². The largest absolute Gasteiger partial charge is 0.493 e. The van der Waals surface area contributed by atoms with Crippen LogP contribution in [0.3, 0.4) is 0 Å². The highest BCUT2D eigenvalue weighted by molar-refractivity contribution is 5.82. The second kappa shape index (κ2) is 41.9. The summed E-state index contributed by atoms with van der Waals surface area (Å²) in [7, 11) is 0. The highest BCUT2D eigenvalue weighted by atomic mass is 15.2. The Kier molecular flexibility index (Phi) is 37.0. The molecular formula is C68H116N2. The van der Waals surface area contributed by atoms with Crippen molar-refractivity contribution in [3.05, 3.63) is 86.5 Å². The number of allylic oxidation sites excluding steroid dienone is 2. The monoisotopic (exact) mass is 961 g/mol. The Morgan fingerprint density at radius 1 is 0.243 bits per heavy atom. The van der Waals surface area contributed by atoms with Crippen molar-refractivity contribution in [1.29, 1.82) is 0 Å². The molecule has 0 bridgehead atoms. The maximum absolute atomic E-state index is 12.9. The first-order valence-corrected chi connectivity index (χ1v) is 31.7. The molecule has 0 amide bonds. The second-order valence-electron chi connectivity index (χ2n) is 22.6. The summed E-state index contributed by atoms with van der Waals surface area (Å²) < 4.78 is 1.73. The highest BCUT2D eigenvalue weighted by Crippen LogP contribution is 2.45. The van der Waals surface area contributed by atoms with Gasteiger partial charge in [0.2, 0.25) is 11.4 Å². The average Bonchev–Trinajstić information content (AvgIpc) is 3.64. The zero-order valence-electron chi connectivity index (χ0n) is 47.9. The van der Waals surface area contributed by atoms with E-state index in [9.17, 15) is 5.53 Å². The van der Waals surface area contributed by atoms with Gasteiger partial charge in [-0.05, 0) is 124 Å². The van der Waals surface area contributed by atoms with Gasteiger partial charge < -0.3 is 5.53 Å². The third kappa shape index (κ3) is 26.5. The van der Waals surface area contributed by atoms with Crippen molar-refractivity contribution in [2.45, 2.75) is 337 Å². The molecule has 0 spiro atoms. The van der Waals surface area contributed by atoms with Crippen LogP contribution in [0.4, 0.5) is 0 Å². The molecule has 2 aromatic rings. The molecule has 2 heteroatoms. The van der Waals surface area contributed by atoms with Crippen molar-refractivity contribution < 1.29 is 4.70 Å². The molecule has 0 fully saturated rings. The number of aryl methyl sites for hydroxylation is 4. The molecular weight excluding hydrogens is 845 g/mol. The first-order chi connectivity index (χ1) is 34.5. The summed E-state index contributed by atoms with van der Waals surface area (Å²) in [5.74, 6) is 0. The lowest BCUT2D eigenvalue weighted by atomic mass is 9.89. The van der Waals surface area contributed by atoms with Gasteiger partial charge >= 0.3 is 0 Å². The van der Waals surface area contributed by atoms with Crippen molar-refractivity contribution in [3.8, 4) is 0 Å². The van der Waals surface area contributed by atoms with Gasteiger partial charge in [-0.2, -0.15) is 0 Å². The molecule has 3 rings (SSSR count). The van der Waals surface area contributed by atoms with E-state index < -0.39 is 0 Å². The molecule has 2 nitrogen and oxygen atoms in total. The van der Waals surface area contributed by atoms with Gasteiger partial charge in [-0.25, -0.2) is 4.70 Å². The molecule has 0 aromatic heterocycles.